The molecule has 2 fully saturated rings. The summed E-state index contributed by atoms with van der Waals surface area (Å²) in [4.78, 5) is 40.2. The number of ketones is 1. The Labute approximate surface area is 215 Å². The number of hydrogen-bond donors (Lipinski definition) is 1. The second kappa shape index (κ2) is 11.0. The number of aryl methyl sites for hydroxylation is 1. The second-order valence-corrected chi connectivity index (χ2v) is 9.10. The Hall–Kier alpha value is -3.98. The Kier molecular flexibility index (Phi) is 7.32. The number of ether oxygens (including phenoxy) is 3. The molecule has 4 heterocycles. The number of carbonyl (C=O) groups excluding carboxylic acids is 2. The van der Waals surface area contributed by atoms with Gasteiger partial charge in [-0.25, -0.2) is 9.98 Å². The Balaban J connectivity index is 1.38. The van der Waals surface area contributed by atoms with Crippen LogP contribution in [-0.4, -0.2) is 65.4 Å². The highest BCUT2D eigenvalue weighted by Crippen LogP contribution is 2.31. The molecule has 0 spiro atoms. The number of Topliss-reactive ketones (excluding diaryl/α,β-unsaturated/α-hetero) is 1. The molecule has 0 radical (unpaired) electrons. The van der Waals surface area contributed by atoms with Gasteiger partial charge in [0, 0.05) is 29.9 Å². The van der Waals surface area contributed by atoms with Gasteiger partial charge in [0.1, 0.15) is 18.0 Å². The molecule has 1 unspecified atom stereocenters. The van der Waals surface area contributed by atoms with Crippen LogP contribution in [0.15, 0.2) is 53.5 Å². The molecule has 1 atom stereocenters. The minimum Gasteiger partial charge on any atom is -0.492 e. The number of esters is 1. The number of hydrogen-bond acceptors (Lipinski definition) is 8. The smallest absolute Gasteiger partial charge is 0.326 e. The maximum Gasteiger partial charge on any atom is 0.326 e. The maximum absolute atomic E-state index is 13.2. The van der Waals surface area contributed by atoms with Gasteiger partial charge in [0.25, 0.3) is 0 Å². The first-order valence-electron chi connectivity index (χ1n) is 12.6. The summed E-state index contributed by atoms with van der Waals surface area (Å²) in [6.45, 7) is 7.52. The van der Waals surface area contributed by atoms with E-state index >= 15 is 0 Å². The number of benzene rings is 1. The molecule has 3 aromatic rings. The van der Waals surface area contributed by atoms with Crippen molar-refractivity contribution in [2.24, 2.45) is 10.9 Å². The van der Waals surface area contributed by atoms with Crippen molar-refractivity contribution in [3.8, 4) is 5.75 Å². The van der Waals surface area contributed by atoms with Crippen molar-refractivity contribution in [2.75, 3.05) is 32.8 Å². The molecule has 1 N–H and O–H groups in total. The third-order valence-electron chi connectivity index (χ3n) is 6.53. The van der Waals surface area contributed by atoms with Gasteiger partial charge in [0.05, 0.1) is 12.3 Å². The van der Waals surface area contributed by atoms with Gasteiger partial charge < -0.3 is 19.2 Å². The van der Waals surface area contributed by atoms with Gasteiger partial charge in [-0.05, 0) is 81.7 Å². The lowest BCUT2D eigenvalue weighted by Crippen LogP contribution is -2.27. The number of aliphatic imine (C=N–C) groups is 1. The maximum atomic E-state index is 13.2. The van der Waals surface area contributed by atoms with Gasteiger partial charge in [-0.1, -0.05) is 0 Å². The molecular weight excluding hydrogens is 472 g/mol. The fourth-order valence-corrected chi connectivity index (χ4v) is 4.60. The van der Waals surface area contributed by atoms with Gasteiger partial charge in [-0.2, -0.15) is 0 Å². The molecule has 192 valence electrons. The fraction of sp³-hybridized carbons (Fsp3) is 0.357. The molecular formula is C28H30N4O5. The Morgan fingerprint density at radius 1 is 1.30 bits per heavy atom. The molecule has 1 aromatic carbocycles. The highest BCUT2D eigenvalue weighted by molar-refractivity contribution is 6.27. The topological polar surface area (TPSA) is 106 Å². The molecule has 9 nitrogen and oxygen atoms in total. The lowest BCUT2D eigenvalue weighted by molar-refractivity contribution is -0.147. The molecule has 2 saturated heterocycles. The summed E-state index contributed by atoms with van der Waals surface area (Å²) in [5.41, 5.74) is 2.84. The summed E-state index contributed by atoms with van der Waals surface area (Å²) in [7, 11) is 0. The molecule has 2 aliphatic rings. The van der Waals surface area contributed by atoms with E-state index in [0.29, 0.717) is 17.9 Å². The highest BCUT2D eigenvalue weighted by atomic mass is 16.5. The number of likely N-dealkylation sites (tertiary alicyclic amines) is 1. The van der Waals surface area contributed by atoms with E-state index in [4.69, 9.17) is 14.2 Å². The van der Waals surface area contributed by atoms with E-state index in [1.807, 2.05) is 31.2 Å². The van der Waals surface area contributed by atoms with Crippen molar-refractivity contribution in [2.45, 2.75) is 26.7 Å². The average Bonchev–Trinajstić information content (AvgIpc) is 3.62. The molecule has 0 bridgehead atoms. The van der Waals surface area contributed by atoms with Crippen LogP contribution in [0, 0.1) is 12.8 Å². The zero-order valence-electron chi connectivity index (χ0n) is 21.0. The van der Waals surface area contributed by atoms with Gasteiger partial charge in [-0.3, -0.25) is 14.5 Å². The van der Waals surface area contributed by atoms with E-state index in [2.05, 4.69) is 19.9 Å². The van der Waals surface area contributed by atoms with Gasteiger partial charge in [0.15, 0.2) is 11.7 Å². The summed E-state index contributed by atoms with van der Waals surface area (Å²) in [6.07, 6.45) is 7.52. The number of rotatable bonds is 8. The van der Waals surface area contributed by atoms with E-state index in [9.17, 15) is 9.59 Å². The monoisotopic (exact) mass is 502 g/mol. The van der Waals surface area contributed by atoms with Gasteiger partial charge in [0.2, 0.25) is 11.7 Å². The van der Waals surface area contributed by atoms with Crippen LogP contribution in [0.2, 0.25) is 0 Å². The summed E-state index contributed by atoms with van der Waals surface area (Å²) < 4.78 is 17.0. The Morgan fingerprint density at radius 3 is 2.92 bits per heavy atom. The minimum atomic E-state index is -1.26. The van der Waals surface area contributed by atoms with Crippen LogP contribution in [0.5, 0.6) is 5.75 Å². The zero-order valence-corrected chi connectivity index (χ0v) is 21.0. The van der Waals surface area contributed by atoms with Gasteiger partial charge >= 0.3 is 5.97 Å². The van der Waals surface area contributed by atoms with Crippen LogP contribution in [0.3, 0.4) is 0 Å². The summed E-state index contributed by atoms with van der Waals surface area (Å²) >= 11 is 0. The number of nitrogens with one attached hydrogen (secondary N) is 1. The fourth-order valence-electron chi connectivity index (χ4n) is 4.60. The predicted octanol–water partition coefficient (Wildman–Crippen LogP) is 4.20. The molecule has 37 heavy (non-hydrogen) atoms. The largest absolute Gasteiger partial charge is 0.492 e. The Morgan fingerprint density at radius 2 is 2.14 bits per heavy atom. The summed E-state index contributed by atoms with van der Waals surface area (Å²) in [5.74, 6) is -1.66. The van der Waals surface area contributed by atoms with Crippen molar-refractivity contribution in [1.29, 1.82) is 0 Å². The van der Waals surface area contributed by atoms with Crippen molar-refractivity contribution in [3.05, 3.63) is 59.6 Å². The van der Waals surface area contributed by atoms with Crippen LogP contribution >= 0.6 is 0 Å². The molecule has 0 saturated carbocycles. The second-order valence-electron chi connectivity index (χ2n) is 9.10. The summed E-state index contributed by atoms with van der Waals surface area (Å²) in [6, 6.07) is 9.24. The van der Waals surface area contributed by atoms with Crippen molar-refractivity contribution < 1.29 is 23.8 Å². The highest BCUT2D eigenvalue weighted by Gasteiger charge is 2.44. The van der Waals surface area contributed by atoms with Crippen molar-refractivity contribution in [3.63, 3.8) is 0 Å². The molecule has 0 aliphatic carbocycles. The number of fused-ring (bicyclic) bond motifs is 1. The normalized spacial score (nSPS) is 20.2. The number of aromatic nitrogens is 2. The number of pyridine rings is 1. The number of aromatic amines is 1. The average molecular weight is 503 g/mol. The van der Waals surface area contributed by atoms with Crippen LogP contribution in [0.25, 0.3) is 17.1 Å². The zero-order chi connectivity index (χ0) is 25.8. The molecule has 0 amide bonds. The first-order valence-corrected chi connectivity index (χ1v) is 12.6. The number of nitrogens with zero attached hydrogens (tertiary/aromatic N) is 3. The quantitative estimate of drug-likeness (QED) is 0.280. The lowest BCUT2D eigenvalue weighted by Gasteiger charge is -2.15. The van der Waals surface area contributed by atoms with Crippen molar-refractivity contribution in [1.82, 2.24) is 14.9 Å². The van der Waals surface area contributed by atoms with E-state index in [-0.39, 0.29) is 18.3 Å². The van der Waals surface area contributed by atoms with E-state index < -0.39 is 17.7 Å². The summed E-state index contributed by atoms with van der Waals surface area (Å²) in [5, 5.41) is 0.834. The van der Waals surface area contributed by atoms with E-state index in [1.165, 1.54) is 12.8 Å². The predicted molar refractivity (Wildman–Crippen MR) is 140 cm³/mol. The number of H-pyrrole nitrogens is 1. The van der Waals surface area contributed by atoms with Crippen molar-refractivity contribution >= 4 is 40.4 Å². The van der Waals surface area contributed by atoms with Crippen LogP contribution in [0.4, 0.5) is 5.69 Å². The third kappa shape index (κ3) is 5.41. The Bertz CT molecular complexity index is 1370. The lowest BCUT2D eigenvalue weighted by atomic mass is 10.0. The molecule has 5 rings (SSSR count). The SMILES string of the molecule is CCOC(=O)C1C(=O)/C(=C/c2c[nH]c3ncccc23)OC1=Nc1ccc(OCCN2CCCC2)cc1C. The van der Waals surface area contributed by atoms with Crippen LogP contribution < -0.4 is 4.74 Å². The number of carbonyl (C=O) groups is 2. The molecule has 9 heteroatoms. The van der Waals surface area contributed by atoms with E-state index in [1.54, 1.807) is 31.5 Å². The first kappa shape index (κ1) is 24.7. The number of allylic oxidation sites excluding steroid dienone is 1. The first-order chi connectivity index (χ1) is 18.0. The molecule has 2 aromatic heterocycles. The van der Waals surface area contributed by atoms with E-state index in [0.717, 1.165) is 41.9 Å². The van der Waals surface area contributed by atoms with Gasteiger partial charge in [-0.15, -0.1) is 0 Å². The molecule has 2 aliphatic heterocycles. The minimum absolute atomic E-state index is 0.00142. The van der Waals surface area contributed by atoms with Crippen LogP contribution in [0.1, 0.15) is 30.9 Å². The third-order valence-corrected chi connectivity index (χ3v) is 6.53. The van der Waals surface area contributed by atoms with Crippen LogP contribution in [-0.2, 0) is 19.1 Å². The standard InChI is InChI=1S/C28H30N4O5/c1-3-35-28(34)24-25(33)23(16-19-17-30-26-21(19)7-6-10-29-26)37-27(24)31-22-9-8-20(15-18(22)2)36-14-13-32-11-4-5-12-32/h6-10,15-17,24H,3-5,11-14H2,1-2H3,(H,29,30)/b23-16-,31-27?.